The zero-order valence-corrected chi connectivity index (χ0v) is 7.16. The van der Waals surface area contributed by atoms with Crippen LogP contribution in [0.3, 0.4) is 0 Å². The van der Waals surface area contributed by atoms with Gasteiger partial charge in [-0.25, -0.2) is 0 Å². The minimum Gasteiger partial charge on any atom is -0.464 e. The first kappa shape index (κ1) is 8.08. The standard InChI is InChI=1S/C11H10NO/c12-8-9-3-5-10(6-4-9)11-2-1-7-13-11/h1,3-7H,8,12H2. The molecule has 2 rings (SSSR count). The summed E-state index contributed by atoms with van der Waals surface area (Å²) in [6.07, 6.45) is 1.62. The van der Waals surface area contributed by atoms with Crippen molar-refractivity contribution in [1.82, 2.24) is 0 Å². The molecule has 1 heterocycles. The van der Waals surface area contributed by atoms with Crippen molar-refractivity contribution in [3.05, 3.63) is 48.2 Å². The van der Waals surface area contributed by atoms with E-state index in [1.165, 1.54) is 0 Å². The molecular weight excluding hydrogens is 162 g/mol. The molecule has 1 aromatic heterocycles. The van der Waals surface area contributed by atoms with Gasteiger partial charge in [0.2, 0.25) is 0 Å². The number of rotatable bonds is 2. The Morgan fingerprint density at radius 2 is 2.00 bits per heavy atom. The molecule has 2 aromatic rings. The summed E-state index contributed by atoms with van der Waals surface area (Å²) in [7, 11) is 0. The third kappa shape index (κ3) is 1.63. The van der Waals surface area contributed by atoms with Gasteiger partial charge in [-0.3, -0.25) is 0 Å². The van der Waals surface area contributed by atoms with Crippen LogP contribution in [0.1, 0.15) is 5.56 Å². The van der Waals surface area contributed by atoms with Gasteiger partial charge in [-0.2, -0.15) is 0 Å². The van der Waals surface area contributed by atoms with Crippen molar-refractivity contribution in [1.29, 1.82) is 0 Å². The average Bonchev–Trinajstić information content (AvgIpc) is 2.71. The van der Waals surface area contributed by atoms with E-state index in [0.29, 0.717) is 6.54 Å². The van der Waals surface area contributed by atoms with Gasteiger partial charge in [0.25, 0.3) is 0 Å². The van der Waals surface area contributed by atoms with E-state index in [2.05, 4.69) is 6.07 Å². The Bertz CT molecular complexity index is 361. The smallest absolute Gasteiger partial charge is 0.141 e. The molecule has 0 bridgehead atoms. The topological polar surface area (TPSA) is 39.2 Å². The maximum absolute atomic E-state index is 5.49. The summed E-state index contributed by atoms with van der Waals surface area (Å²) in [4.78, 5) is 0. The summed E-state index contributed by atoms with van der Waals surface area (Å²) in [6, 6.07) is 12.7. The molecular formula is C11H10NO. The van der Waals surface area contributed by atoms with Crippen molar-refractivity contribution in [3.63, 3.8) is 0 Å². The van der Waals surface area contributed by atoms with Gasteiger partial charge < -0.3 is 10.2 Å². The summed E-state index contributed by atoms with van der Waals surface area (Å²) in [5, 5.41) is 0. The molecule has 0 atom stereocenters. The van der Waals surface area contributed by atoms with Gasteiger partial charge >= 0.3 is 0 Å². The fraction of sp³-hybridized carbons (Fsp3) is 0.0909. The van der Waals surface area contributed by atoms with Crippen LogP contribution in [0, 0.1) is 6.07 Å². The van der Waals surface area contributed by atoms with Crippen LogP contribution < -0.4 is 5.73 Å². The molecule has 0 aliphatic carbocycles. The zero-order valence-electron chi connectivity index (χ0n) is 7.16. The van der Waals surface area contributed by atoms with Crippen LogP contribution in [0.5, 0.6) is 0 Å². The molecule has 1 radical (unpaired) electrons. The first-order valence-electron chi connectivity index (χ1n) is 4.15. The van der Waals surface area contributed by atoms with E-state index in [4.69, 9.17) is 10.2 Å². The summed E-state index contributed by atoms with van der Waals surface area (Å²) in [5.41, 5.74) is 7.64. The van der Waals surface area contributed by atoms with E-state index < -0.39 is 0 Å². The molecule has 13 heavy (non-hydrogen) atoms. The summed E-state index contributed by atoms with van der Waals surface area (Å²) >= 11 is 0. The third-order valence-electron chi connectivity index (χ3n) is 1.92. The molecule has 2 N–H and O–H groups in total. The van der Waals surface area contributed by atoms with Gasteiger partial charge in [-0.1, -0.05) is 24.3 Å². The summed E-state index contributed by atoms with van der Waals surface area (Å²) < 4.78 is 5.21. The van der Waals surface area contributed by atoms with Crippen LogP contribution in [-0.2, 0) is 6.54 Å². The Balaban J connectivity index is 2.33. The number of nitrogens with two attached hydrogens (primary N) is 1. The number of furan rings is 1. The number of hydrogen-bond donors (Lipinski definition) is 1. The van der Waals surface area contributed by atoms with E-state index in [1.807, 2.05) is 24.3 Å². The molecule has 65 valence electrons. The molecule has 2 heteroatoms. The van der Waals surface area contributed by atoms with Crippen molar-refractivity contribution in [3.8, 4) is 11.3 Å². The maximum Gasteiger partial charge on any atom is 0.141 e. The number of benzene rings is 1. The molecule has 1 aromatic carbocycles. The molecule has 2 nitrogen and oxygen atoms in total. The van der Waals surface area contributed by atoms with Crippen LogP contribution >= 0.6 is 0 Å². The summed E-state index contributed by atoms with van der Waals surface area (Å²) in [6.45, 7) is 0.572. The molecule has 0 saturated heterocycles. The molecule has 0 spiro atoms. The fourth-order valence-corrected chi connectivity index (χ4v) is 1.19. The lowest BCUT2D eigenvalue weighted by Gasteiger charge is -1.98. The molecule has 0 unspecified atom stereocenters. The lowest BCUT2D eigenvalue weighted by atomic mass is 10.1. The van der Waals surface area contributed by atoms with Gasteiger partial charge in [-0.05, 0) is 11.6 Å². The van der Waals surface area contributed by atoms with Crippen molar-refractivity contribution in [2.45, 2.75) is 6.54 Å². The second-order valence-electron chi connectivity index (χ2n) is 2.80. The Kier molecular flexibility index (Phi) is 2.15. The predicted octanol–water partition coefficient (Wildman–Crippen LogP) is 2.21. The van der Waals surface area contributed by atoms with E-state index in [0.717, 1.165) is 16.9 Å². The first-order valence-corrected chi connectivity index (χ1v) is 4.15. The maximum atomic E-state index is 5.49. The minimum atomic E-state index is 0.572. The fourth-order valence-electron chi connectivity index (χ4n) is 1.19. The molecule has 0 saturated carbocycles. The molecule has 0 aliphatic heterocycles. The normalized spacial score (nSPS) is 10.2. The van der Waals surface area contributed by atoms with Crippen LogP contribution in [0.4, 0.5) is 0 Å². The highest BCUT2D eigenvalue weighted by atomic mass is 16.3. The van der Waals surface area contributed by atoms with Gasteiger partial charge in [-0.15, -0.1) is 0 Å². The molecule has 0 fully saturated rings. The Morgan fingerprint density at radius 3 is 2.54 bits per heavy atom. The van der Waals surface area contributed by atoms with Crippen LogP contribution in [0.25, 0.3) is 11.3 Å². The van der Waals surface area contributed by atoms with Crippen molar-refractivity contribution < 1.29 is 4.42 Å². The Hall–Kier alpha value is -1.54. The van der Waals surface area contributed by atoms with E-state index in [9.17, 15) is 0 Å². The van der Waals surface area contributed by atoms with Gasteiger partial charge in [0.15, 0.2) is 0 Å². The lowest BCUT2D eigenvalue weighted by Crippen LogP contribution is -1.94. The van der Waals surface area contributed by atoms with Crippen LogP contribution in [-0.4, -0.2) is 0 Å². The van der Waals surface area contributed by atoms with Gasteiger partial charge in [0.1, 0.15) is 5.76 Å². The van der Waals surface area contributed by atoms with E-state index >= 15 is 0 Å². The molecule has 0 aliphatic rings. The predicted molar refractivity (Wildman–Crippen MR) is 50.9 cm³/mol. The summed E-state index contributed by atoms with van der Waals surface area (Å²) in [5.74, 6) is 0.767. The first-order chi connectivity index (χ1) is 6.40. The lowest BCUT2D eigenvalue weighted by molar-refractivity contribution is 0.582. The quantitative estimate of drug-likeness (QED) is 0.754. The highest BCUT2D eigenvalue weighted by Gasteiger charge is 1.99. The van der Waals surface area contributed by atoms with Crippen molar-refractivity contribution in [2.24, 2.45) is 5.73 Å². The van der Waals surface area contributed by atoms with E-state index in [-0.39, 0.29) is 0 Å². The molecule has 0 amide bonds. The largest absolute Gasteiger partial charge is 0.464 e. The zero-order chi connectivity index (χ0) is 9.10. The Labute approximate surface area is 77.0 Å². The third-order valence-corrected chi connectivity index (χ3v) is 1.92. The van der Waals surface area contributed by atoms with Gasteiger partial charge in [0, 0.05) is 18.2 Å². The van der Waals surface area contributed by atoms with Crippen molar-refractivity contribution >= 4 is 0 Å². The van der Waals surface area contributed by atoms with Crippen molar-refractivity contribution in [2.75, 3.05) is 0 Å². The monoisotopic (exact) mass is 172 g/mol. The highest BCUT2D eigenvalue weighted by molar-refractivity contribution is 5.56. The van der Waals surface area contributed by atoms with Gasteiger partial charge in [0.05, 0.1) is 6.26 Å². The number of hydrogen-bond acceptors (Lipinski definition) is 2. The highest BCUT2D eigenvalue weighted by Crippen LogP contribution is 2.19. The second kappa shape index (κ2) is 3.46. The van der Waals surface area contributed by atoms with Crippen LogP contribution in [0.2, 0.25) is 0 Å². The van der Waals surface area contributed by atoms with Crippen LogP contribution in [0.15, 0.2) is 41.0 Å². The Morgan fingerprint density at radius 1 is 1.23 bits per heavy atom. The second-order valence-corrected chi connectivity index (χ2v) is 2.80. The SMILES string of the molecule is NCc1ccc(-c2[c]cco2)cc1. The minimum absolute atomic E-state index is 0.572. The van der Waals surface area contributed by atoms with E-state index in [1.54, 1.807) is 12.3 Å². The average molecular weight is 172 g/mol.